The molecule has 0 fully saturated rings. The van der Waals surface area contributed by atoms with Gasteiger partial charge in [-0.25, -0.2) is 0 Å². The molecule has 60 heavy (non-hydrogen) atoms. The summed E-state index contributed by atoms with van der Waals surface area (Å²) in [5.41, 5.74) is 13.7. The fourth-order valence-corrected chi connectivity index (χ4v) is 11.3. The number of hydrogen-bond donors (Lipinski definition) is 0. The average Bonchev–Trinajstić information content (AvgIpc) is 3.19. The second kappa shape index (κ2) is 14.2. The van der Waals surface area contributed by atoms with Gasteiger partial charge >= 0.3 is 0 Å². The van der Waals surface area contributed by atoms with Crippen LogP contribution in [0.25, 0.3) is 43.1 Å². The van der Waals surface area contributed by atoms with Crippen LogP contribution < -0.4 is 32.8 Å². The average molecular weight is 910 g/mol. The largest absolute Gasteiger partial charge is 0.241 e. The summed E-state index contributed by atoms with van der Waals surface area (Å²) in [5, 5.41) is 10.4. The highest BCUT2D eigenvalue weighted by molar-refractivity contribution is 9.11. The van der Waals surface area contributed by atoms with Crippen LogP contribution in [0, 0.1) is 0 Å². The molecule has 0 unspecified atom stereocenters. The van der Waals surface area contributed by atoms with E-state index in [1.54, 1.807) is 0 Å². The lowest BCUT2D eigenvalue weighted by atomic mass is 9.20. The van der Waals surface area contributed by atoms with E-state index in [4.69, 9.17) is 0 Å². The standard InChI is InChI=1S/C56H56B2Br2/c1-53(2,3)33-21-25-37-41(29-33)49(42-30-34(54(4,5)6)22-26-38(42)51(37)59)57-45-17-13-15-19-47(45)58(48-20-16-14-18-46(48)57)50-43-31-35(55(7,8)9)23-27-39(43)52(60)40-28-24-36(32-44(40)50)56(10,11)12/h13-32H,1-12H3. The van der Waals surface area contributed by atoms with Crippen molar-refractivity contribution in [1.29, 1.82) is 0 Å². The minimum absolute atomic E-state index is 0.00482. The Morgan fingerprint density at radius 3 is 0.717 bits per heavy atom. The molecule has 4 heteroatoms. The van der Waals surface area contributed by atoms with Gasteiger partial charge in [0.25, 0.3) is 0 Å². The van der Waals surface area contributed by atoms with Crippen LogP contribution in [-0.2, 0) is 21.7 Å². The summed E-state index contributed by atoms with van der Waals surface area (Å²) in [7, 11) is 0. The second-order valence-electron chi connectivity index (χ2n) is 21.6. The van der Waals surface area contributed by atoms with Crippen LogP contribution in [0.3, 0.4) is 0 Å². The molecule has 0 aromatic heterocycles. The summed E-state index contributed by atoms with van der Waals surface area (Å²) in [6, 6.07) is 47.7. The maximum Gasteiger partial charge on any atom is 0.241 e. The van der Waals surface area contributed by atoms with E-state index in [1.165, 1.54) is 107 Å². The summed E-state index contributed by atoms with van der Waals surface area (Å²) in [6.07, 6.45) is 0. The van der Waals surface area contributed by atoms with Crippen LogP contribution in [0.15, 0.2) is 130 Å². The zero-order valence-electron chi connectivity index (χ0n) is 37.5. The predicted molar refractivity (Wildman–Crippen MR) is 275 cm³/mol. The molecule has 8 aromatic rings. The molecule has 9 rings (SSSR count). The molecule has 1 aliphatic rings. The summed E-state index contributed by atoms with van der Waals surface area (Å²) in [4.78, 5) is 0. The Morgan fingerprint density at radius 2 is 0.517 bits per heavy atom. The van der Waals surface area contributed by atoms with Crippen molar-refractivity contribution in [2.24, 2.45) is 0 Å². The van der Waals surface area contributed by atoms with E-state index in [1.807, 2.05) is 0 Å². The molecule has 0 radical (unpaired) electrons. The zero-order valence-corrected chi connectivity index (χ0v) is 40.6. The van der Waals surface area contributed by atoms with E-state index in [0.717, 1.165) is 0 Å². The van der Waals surface area contributed by atoms with Gasteiger partial charge in [-0.3, -0.25) is 0 Å². The Balaban J connectivity index is 1.45. The fraction of sp³-hybridized carbons (Fsp3) is 0.286. The van der Waals surface area contributed by atoms with Crippen molar-refractivity contribution >= 4 is 121 Å². The lowest BCUT2D eigenvalue weighted by Gasteiger charge is -2.35. The van der Waals surface area contributed by atoms with Gasteiger partial charge in [0.2, 0.25) is 13.4 Å². The summed E-state index contributed by atoms with van der Waals surface area (Å²) in [6.45, 7) is 28.0. The molecule has 0 N–H and O–H groups in total. The van der Waals surface area contributed by atoms with Crippen molar-refractivity contribution in [2.75, 3.05) is 0 Å². The van der Waals surface area contributed by atoms with E-state index < -0.39 is 0 Å². The molecule has 0 amide bonds. The maximum absolute atomic E-state index is 4.18. The van der Waals surface area contributed by atoms with E-state index in [-0.39, 0.29) is 35.1 Å². The molecule has 0 atom stereocenters. The van der Waals surface area contributed by atoms with Crippen molar-refractivity contribution < 1.29 is 0 Å². The Bertz CT molecular complexity index is 2650. The first kappa shape index (κ1) is 41.3. The Kier molecular flexibility index (Phi) is 9.77. The van der Waals surface area contributed by atoms with Gasteiger partial charge in [0.05, 0.1) is 0 Å². The van der Waals surface area contributed by atoms with Gasteiger partial charge in [-0.15, -0.1) is 0 Å². The molecule has 300 valence electrons. The Morgan fingerprint density at radius 1 is 0.300 bits per heavy atom. The molecular formula is C56H56B2Br2. The van der Waals surface area contributed by atoms with E-state index >= 15 is 0 Å². The molecule has 8 aromatic carbocycles. The summed E-state index contributed by atoms with van der Waals surface area (Å²) < 4.78 is 2.34. The van der Waals surface area contributed by atoms with Crippen molar-refractivity contribution in [3.05, 3.63) is 153 Å². The number of halogens is 2. The number of benzene rings is 8. The lowest BCUT2D eigenvalue weighted by molar-refractivity contribution is 0.590. The van der Waals surface area contributed by atoms with Crippen molar-refractivity contribution in [2.45, 2.75) is 105 Å². The SMILES string of the molecule is CC(C)(C)c1ccc2c(Br)c3ccc(C(C)(C)C)cc3c(B3c4ccccc4B(c4c5cc(C(C)(C)C)ccc5c(Br)c5ccc(C(C)(C)C)cc45)c4ccccc43)c2c1. The predicted octanol–water partition coefficient (Wildman–Crippen LogP) is 12.4. The molecule has 0 saturated carbocycles. The first-order valence-electron chi connectivity index (χ1n) is 21.7. The Labute approximate surface area is 376 Å². The monoisotopic (exact) mass is 908 g/mol. The van der Waals surface area contributed by atoms with Crippen LogP contribution in [-0.4, -0.2) is 13.4 Å². The number of hydrogen-bond acceptors (Lipinski definition) is 0. The molecule has 0 bridgehead atoms. The van der Waals surface area contributed by atoms with Gasteiger partial charge in [-0.2, -0.15) is 0 Å². The van der Waals surface area contributed by atoms with E-state index in [9.17, 15) is 0 Å². The Hall–Kier alpha value is -4.11. The van der Waals surface area contributed by atoms with Gasteiger partial charge in [0, 0.05) is 8.95 Å². The molecular weight excluding hydrogens is 854 g/mol. The molecule has 0 nitrogen and oxygen atoms in total. The molecule has 0 saturated heterocycles. The first-order valence-corrected chi connectivity index (χ1v) is 23.3. The normalized spacial score (nSPS) is 13.8. The van der Waals surface area contributed by atoms with Crippen molar-refractivity contribution in [1.82, 2.24) is 0 Å². The molecule has 0 aliphatic carbocycles. The smallest absolute Gasteiger partial charge is 0.0733 e. The lowest BCUT2D eigenvalue weighted by Crippen LogP contribution is -2.75. The highest BCUT2D eigenvalue weighted by Crippen LogP contribution is 2.39. The van der Waals surface area contributed by atoms with Gasteiger partial charge in [0.1, 0.15) is 0 Å². The molecule has 1 aliphatic heterocycles. The summed E-state index contributed by atoms with van der Waals surface area (Å²) in [5.74, 6) is 0. The van der Waals surface area contributed by atoms with Crippen molar-refractivity contribution in [3.8, 4) is 0 Å². The van der Waals surface area contributed by atoms with E-state index in [2.05, 4.69) is 236 Å². The van der Waals surface area contributed by atoms with Gasteiger partial charge in [-0.1, -0.05) is 237 Å². The van der Waals surface area contributed by atoms with Gasteiger partial charge in [-0.05, 0) is 119 Å². The zero-order chi connectivity index (χ0) is 42.8. The minimum atomic E-state index is -0.00482. The van der Waals surface area contributed by atoms with Crippen LogP contribution in [0.2, 0.25) is 0 Å². The molecule has 1 heterocycles. The van der Waals surface area contributed by atoms with Crippen LogP contribution >= 0.6 is 31.9 Å². The quantitative estimate of drug-likeness (QED) is 0.120. The third kappa shape index (κ3) is 6.71. The fourth-order valence-electron chi connectivity index (χ4n) is 9.93. The van der Waals surface area contributed by atoms with Gasteiger partial charge < -0.3 is 0 Å². The van der Waals surface area contributed by atoms with Crippen LogP contribution in [0.4, 0.5) is 0 Å². The number of fused-ring (bicyclic) bond motifs is 6. The van der Waals surface area contributed by atoms with Gasteiger partial charge in [0.15, 0.2) is 0 Å². The van der Waals surface area contributed by atoms with Crippen LogP contribution in [0.1, 0.15) is 105 Å². The van der Waals surface area contributed by atoms with Crippen LogP contribution in [0.5, 0.6) is 0 Å². The second-order valence-corrected chi connectivity index (χ2v) is 23.2. The van der Waals surface area contributed by atoms with E-state index in [0.29, 0.717) is 0 Å². The number of rotatable bonds is 2. The highest BCUT2D eigenvalue weighted by atomic mass is 79.9. The maximum atomic E-state index is 4.18. The summed E-state index contributed by atoms with van der Waals surface area (Å²) >= 11 is 8.36. The third-order valence-electron chi connectivity index (χ3n) is 13.5. The minimum Gasteiger partial charge on any atom is -0.0733 e. The third-order valence-corrected chi connectivity index (χ3v) is 15.2. The molecule has 0 spiro atoms. The topological polar surface area (TPSA) is 0 Å². The van der Waals surface area contributed by atoms with Crippen molar-refractivity contribution in [3.63, 3.8) is 0 Å². The highest BCUT2D eigenvalue weighted by Gasteiger charge is 2.41. The first-order chi connectivity index (χ1) is 28.1.